The molecule has 2 N–H and O–H groups in total. The van der Waals surface area contributed by atoms with Crippen molar-refractivity contribution in [3.8, 4) is 0 Å². The molecule has 1 amide bonds. The number of carbonyl (C=O) groups is 1. The number of imidazole rings is 1. The molecule has 8 heteroatoms. The Bertz CT molecular complexity index is 1010. The number of likely N-dealkylation sites (tertiary alicyclic amines) is 1. The van der Waals surface area contributed by atoms with Crippen LogP contribution < -0.4 is 5.69 Å². The first kappa shape index (κ1) is 15.2. The molecule has 2 aromatic heterocycles. The van der Waals surface area contributed by atoms with Crippen LogP contribution in [0.1, 0.15) is 18.9 Å². The number of hydrogen-bond donors (Lipinski definition) is 2. The summed E-state index contributed by atoms with van der Waals surface area (Å²) in [5.41, 5.74) is 2.02. The first-order valence-electron chi connectivity index (χ1n) is 7.71. The van der Waals surface area contributed by atoms with Crippen LogP contribution in [0.4, 0.5) is 4.79 Å². The van der Waals surface area contributed by atoms with Gasteiger partial charge in [0.1, 0.15) is 0 Å². The van der Waals surface area contributed by atoms with Gasteiger partial charge in [-0.25, -0.2) is 9.59 Å². The molecule has 1 unspecified atom stereocenters. The highest BCUT2D eigenvalue weighted by Gasteiger charge is 2.27. The number of aromatic nitrogens is 3. The highest BCUT2D eigenvalue weighted by atomic mass is 79.9. The van der Waals surface area contributed by atoms with Crippen LogP contribution in [0.25, 0.3) is 21.9 Å². The number of benzene rings is 1. The molecule has 0 radical (unpaired) electrons. The van der Waals surface area contributed by atoms with Crippen molar-refractivity contribution in [2.75, 3.05) is 13.1 Å². The standard InChI is InChI=1S/C16H15BrN4O3/c17-9-3-4-12-11(6-9)14-13(7-18-12)19-15(22)21(14)10-2-1-5-20(8-10)16(23)24/h3-4,6-7,10H,1-2,5,8H2,(H,19,22)(H,23,24). The molecular formula is C16H15BrN4O3. The highest BCUT2D eigenvalue weighted by Crippen LogP contribution is 2.29. The van der Waals surface area contributed by atoms with Crippen LogP contribution in [0.3, 0.4) is 0 Å². The van der Waals surface area contributed by atoms with Gasteiger partial charge in [-0.3, -0.25) is 9.55 Å². The minimum atomic E-state index is -0.943. The van der Waals surface area contributed by atoms with Crippen LogP contribution in [-0.2, 0) is 0 Å². The summed E-state index contributed by atoms with van der Waals surface area (Å²) >= 11 is 3.46. The average molecular weight is 391 g/mol. The molecule has 24 heavy (non-hydrogen) atoms. The van der Waals surface area contributed by atoms with Gasteiger partial charge in [0.15, 0.2) is 0 Å². The van der Waals surface area contributed by atoms with E-state index in [1.165, 1.54) is 4.90 Å². The van der Waals surface area contributed by atoms with Crippen molar-refractivity contribution in [2.24, 2.45) is 0 Å². The van der Waals surface area contributed by atoms with Gasteiger partial charge < -0.3 is 15.0 Å². The van der Waals surface area contributed by atoms with E-state index in [4.69, 9.17) is 0 Å². The van der Waals surface area contributed by atoms with Crippen molar-refractivity contribution in [3.63, 3.8) is 0 Å². The van der Waals surface area contributed by atoms with Gasteiger partial charge >= 0.3 is 11.8 Å². The maximum absolute atomic E-state index is 12.5. The number of pyridine rings is 1. The summed E-state index contributed by atoms with van der Waals surface area (Å²) in [6.45, 7) is 0.830. The molecule has 7 nitrogen and oxygen atoms in total. The summed E-state index contributed by atoms with van der Waals surface area (Å²) in [5, 5.41) is 10.1. The Kier molecular flexibility index (Phi) is 3.56. The molecule has 124 valence electrons. The predicted molar refractivity (Wildman–Crippen MR) is 93.4 cm³/mol. The third kappa shape index (κ3) is 2.37. The second-order valence-corrected chi connectivity index (χ2v) is 6.92. The molecule has 1 fully saturated rings. The molecule has 3 aromatic rings. The maximum atomic E-state index is 12.5. The van der Waals surface area contributed by atoms with Crippen molar-refractivity contribution in [1.82, 2.24) is 19.4 Å². The van der Waals surface area contributed by atoms with E-state index in [1.807, 2.05) is 18.2 Å². The van der Waals surface area contributed by atoms with Gasteiger partial charge in [-0.1, -0.05) is 15.9 Å². The fraction of sp³-hybridized carbons (Fsp3) is 0.312. The summed E-state index contributed by atoms with van der Waals surface area (Å²) in [5.74, 6) is 0. The highest BCUT2D eigenvalue weighted by molar-refractivity contribution is 9.10. The van der Waals surface area contributed by atoms with E-state index in [1.54, 1.807) is 10.8 Å². The van der Waals surface area contributed by atoms with Crippen LogP contribution in [0.5, 0.6) is 0 Å². The number of rotatable bonds is 1. The fourth-order valence-electron chi connectivity index (χ4n) is 3.47. The third-order valence-electron chi connectivity index (χ3n) is 4.54. The molecule has 3 heterocycles. The van der Waals surface area contributed by atoms with E-state index in [0.717, 1.165) is 33.7 Å². The second-order valence-electron chi connectivity index (χ2n) is 6.01. The zero-order chi connectivity index (χ0) is 16.8. The Balaban J connectivity index is 1.94. The SMILES string of the molecule is O=C(O)N1CCCC(n2c(=O)[nH]c3cnc4ccc(Br)cc4c32)C1. The first-order chi connectivity index (χ1) is 11.5. The third-order valence-corrected chi connectivity index (χ3v) is 5.03. The molecular weight excluding hydrogens is 376 g/mol. The molecule has 0 spiro atoms. The largest absolute Gasteiger partial charge is 0.465 e. The summed E-state index contributed by atoms with van der Waals surface area (Å²) in [4.78, 5) is 32.4. The predicted octanol–water partition coefficient (Wildman–Crippen LogP) is 2.96. The van der Waals surface area contributed by atoms with Gasteiger partial charge in [-0.15, -0.1) is 0 Å². The molecule has 4 rings (SSSR count). The van der Waals surface area contributed by atoms with Gasteiger partial charge in [0, 0.05) is 22.9 Å². The summed E-state index contributed by atoms with van der Waals surface area (Å²) < 4.78 is 2.60. The molecule has 0 aliphatic carbocycles. The van der Waals surface area contributed by atoms with Crippen molar-refractivity contribution in [2.45, 2.75) is 18.9 Å². The molecule has 1 aromatic carbocycles. The number of carboxylic acid groups (broad SMARTS) is 1. The zero-order valence-electron chi connectivity index (χ0n) is 12.7. The molecule has 0 saturated carbocycles. The smallest absolute Gasteiger partial charge is 0.407 e. The van der Waals surface area contributed by atoms with E-state index < -0.39 is 6.09 Å². The monoisotopic (exact) mass is 390 g/mol. The number of halogens is 1. The minimum Gasteiger partial charge on any atom is -0.465 e. The lowest BCUT2D eigenvalue weighted by Gasteiger charge is -2.31. The van der Waals surface area contributed by atoms with Gasteiger partial charge in [-0.2, -0.15) is 0 Å². The topological polar surface area (TPSA) is 91.2 Å². The van der Waals surface area contributed by atoms with Crippen molar-refractivity contribution in [3.05, 3.63) is 39.4 Å². The number of fused-ring (bicyclic) bond motifs is 3. The Morgan fingerprint density at radius 2 is 2.25 bits per heavy atom. The lowest BCUT2D eigenvalue weighted by atomic mass is 10.1. The Hall–Kier alpha value is -2.35. The molecule has 1 saturated heterocycles. The minimum absolute atomic E-state index is 0.180. The van der Waals surface area contributed by atoms with E-state index in [9.17, 15) is 14.7 Å². The molecule has 1 aliphatic heterocycles. The van der Waals surface area contributed by atoms with Crippen molar-refractivity contribution < 1.29 is 9.90 Å². The molecule has 1 aliphatic rings. The normalized spacial score (nSPS) is 18.4. The van der Waals surface area contributed by atoms with Crippen LogP contribution in [0, 0.1) is 0 Å². The Morgan fingerprint density at radius 3 is 3.04 bits per heavy atom. The Morgan fingerprint density at radius 1 is 1.42 bits per heavy atom. The van der Waals surface area contributed by atoms with Gasteiger partial charge in [0.2, 0.25) is 0 Å². The maximum Gasteiger partial charge on any atom is 0.407 e. The quantitative estimate of drug-likeness (QED) is 0.667. The average Bonchev–Trinajstić information content (AvgIpc) is 2.91. The number of piperidine rings is 1. The zero-order valence-corrected chi connectivity index (χ0v) is 14.3. The number of H-pyrrole nitrogens is 1. The number of amides is 1. The summed E-state index contributed by atoms with van der Waals surface area (Å²) in [6.07, 6.45) is 2.22. The summed E-state index contributed by atoms with van der Waals surface area (Å²) in [7, 11) is 0. The van der Waals surface area contributed by atoms with Crippen molar-refractivity contribution in [1.29, 1.82) is 0 Å². The summed E-state index contributed by atoms with van der Waals surface area (Å²) in [6, 6.07) is 5.56. The number of nitrogens with zero attached hydrogens (tertiary/aromatic N) is 3. The molecule has 0 bridgehead atoms. The van der Waals surface area contributed by atoms with E-state index in [2.05, 4.69) is 25.9 Å². The second kappa shape index (κ2) is 5.62. The van der Waals surface area contributed by atoms with Crippen molar-refractivity contribution >= 4 is 44.0 Å². The van der Waals surface area contributed by atoms with Gasteiger partial charge in [-0.05, 0) is 31.0 Å². The number of aromatic amines is 1. The van der Waals surface area contributed by atoms with Gasteiger partial charge in [0.25, 0.3) is 0 Å². The van der Waals surface area contributed by atoms with Crippen LogP contribution in [-0.4, -0.2) is 43.7 Å². The fourth-order valence-corrected chi connectivity index (χ4v) is 3.83. The van der Waals surface area contributed by atoms with E-state index in [-0.39, 0.29) is 11.7 Å². The van der Waals surface area contributed by atoms with E-state index in [0.29, 0.717) is 18.6 Å². The number of hydrogen-bond acceptors (Lipinski definition) is 3. The van der Waals surface area contributed by atoms with E-state index >= 15 is 0 Å². The Labute approximate surface area is 145 Å². The first-order valence-corrected chi connectivity index (χ1v) is 8.50. The lowest BCUT2D eigenvalue weighted by Crippen LogP contribution is -2.41. The molecule has 1 atom stereocenters. The number of nitrogens with one attached hydrogen (secondary N) is 1. The lowest BCUT2D eigenvalue weighted by molar-refractivity contribution is 0.122. The van der Waals surface area contributed by atoms with Crippen LogP contribution in [0.15, 0.2) is 33.7 Å². The van der Waals surface area contributed by atoms with Gasteiger partial charge in [0.05, 0.1) is 28.8 Å². The van der Waals surface area contributed by atoms with Crippen LogP contribution in [0.2, 0.25) is 0 Å². The van der Waals surface area contributed by atoms with Crippen LogP contribution >= 0.6 is 15.9 Å².